The van der Waals surface area contributed by atoms with Gasteiger partial charge in [0.1, 0.15) is 5.82 Å². The van der Waals surface area contributed by atoms with E-state index in [0.717, 1.165) is 18.9 Å². The first-order valence-corrected chi connectivity index (χ1v) is 4.63. The molecule has 0 aromatic carbocycles. The predicted molar refractivity (Wildman–Crippen MR) is 51.4 cm³/mol. The van der Waals surface area contributed by atoms with Gasteiger partial charge in [-0.25, -0.2) is 0 Å². The lowest BCUT2D eigenvalue weighted by Gasteiger charge is -2.20. The first-order chi connectivity index (χ1) is 5.88. The van der Waals surface area contributed by atoms with Gasteiger partial charge in [0.15, 0.2) is 0 Å². The van der Waals surface area contributed by atoms with Crippen LogP contribution in [0.1, 0.15) is 26.7 Å². The topological polar surface area (TPSA) is 31.9 Å². The van der Waals surface area contributed by atoms with Crippen molar-refractivity contribution in [2.24, 2.45) is 0 Å². The highest BCUT2D eigenvalue weighted by Crippen LogP contribution is 2.09. The number of nitrogens with one attached hydrogen (secondary N) is 1. The predicted octanol–water partition coefficient (Wildman–Crippen LogP) is 2.04. The lowest BCUT2D eigenvalue weighted by molar-refractivity contribution is 0.732. The standard InChI is InChI=1S/C9H17N3/c1-3-7-12(8-4-2)9-5-6-10-11-9/h5-6H,3-4,7-8H2,1-2H3,(H,10,11). The molecule has 1 rings (SSSR count). The number of aromatic nitrogens is 2. The van der Waals surface area contributed by atoms with Crippen LogP contribution < -0.4 is 4.90 Å². The Labute approximate surface area is 73.8 Å². The first-order valence-electron chi connectivity index (χ1n) is 4.63. The van der Waals surface area contributed by atoms with Crippen molar-refractivity contribution < 1.29 is 0 Å². The number of hydrogen-bond acceptors (Lipinski definition) is 2. The van der Waals surface area contributed by atoms with Crippen LogP contribution in [0.25, 0.3) is 0 Å². The van der Waals surface area contributed by atoms with Crippen LogP contribution in [0.4, 0.5) is 5.82 Å². The number of rotatable bonds is 5. The van der Waals surface area contributed by atoms with Crippen molar-refractivity contribution in [1.29, 1.82) is 0 Å². The van der Waals surface area contributed by atoms with Gasteiger partial charge in [0.25, 0.3) is 0 Å². The van der Waals surface area contributed by atoms with Crippen molar-refractivity contribution in [2.75, 3.05) is 18.0 Å². The average Bonchev–Trinajstić information content (AvgIpc) is 2.56. The van der Waals surface area contributed by atoms with Gasteiger partial charge in [0, 0.05) is 25.4 Å². The minimum atomic E-state index is 1.07. The second-order valence-electron chi connectivity index (χ2n) is 2.92. The van der Waals surface area contributed by atoms with Gasteiger partial charge in [-0.15, -0.1) is 0 Å². The Kier molecular flexibility index (Phi) is 3.64. The Morgan fingerprint density at radius 3 is 2.42 bits per heavy atom. The summed E-state index contributed by atoms with van der Waals surface area (Å²) in [6.07, 6.45) is 4.22. The van der Waals surface area contributed by atoms with Crippen molar-refractivity contribution in [2.45, 2.75) is 26.7 Å². The maximum absolute atomic E-state index is 4.15. The Morgan fingerprint density at radius 2 is 2.00 bits per heavy atom. The lowest BCUT2D eigenvalue weighted by Crippen LogP contribution is -2.25. The molecular weight excluding hydrogens is 150 g/mol. The summed E-state index contributed by atoms with van der Waals surface area (Å²) in [5.41, 5.74) is 0. The van der Waals surface area contributed by atoms with Crippen molar-refractivity contribution in [3.8, 4) is 0 Å². The van der Waals surface area contributed by atoms with E-state index in [4.69, 9.17) is 0 Å². The molecule has 0 unspecified atom stereocenters. The number of hydrogen-bond donors (Lipinski definition) is 1. The van der Waals surface area contributed by atoms with E-state index >= 15 is 0 Å². The maximum atomic E-state index is 4.15. The normalized spacial score (nSPS) is 10.2. The van der Waals surface area contributed by atoms with Crippen molar-refractivity contribution in [3.63, 3.8) is 0 Å². The quantitative estimate of drug-likeness (QED) is 0.727. The van der Waals surface area contributed by atoms with Crippen LogP contribution in [0.2, 0.25) is 0 Å². The van der Waals surface area contributed by atoms with E-state index in [-0.39, 0.29) is 0 Å². The fourth-order valence-corrected chi connectivity index (χ4v) is 1.31. The van der Waals surface area contributed by atoms with Crippen LogP contribution in [-0.4, -0.2) is 23.3 Å². The summed E-state index contributed by atoms with van der Waals surface area (Å²) >= 11 is 0. The van der Waals surface area contributed by atoms with Gasteiger partial charge in [0.2, 0.25) is 0 Å². The van der Waals surface area contributed by atoms with E-state index in [1.165, 1.54) is 12.8 Å². The minimum absolute atomic E-state index is 1.07. The van der Waals surface area contributed by atoms with E-state index in [9.17, 15) is 0 Å². The van der Waals surface area contributed by atoms with E-state index in [1.54, 1.807) is 0 Å². The van der Waals surface area contributed by atoms with E-state index in [1.807, 2.05) is 12.3 Å². The van der Waals surface area contributed by atoms with E-state index in [0.29, 0.717) is 0 Å². The molecule has 0 aliphatic rings. The molecule has 0 spiro atoms. The maximum Gasteiger partial charge on any atom is 0.150 e. The van der Waals surface area contributed by atoms with Crippen LogP contribution in [0.3, 0.4) is 0 Å². The summed E-state index contributed by atoms with van der Waals surface area (Å²) in [6.45, 7) is 6.57. The summed E-state index contributed by atoms with van der Waals surface area (Å²) in [4.78, 5) is 2.30. The third kappa shape index (κ3) is 2.26. The first kappa shape index (κ1) is 9.10. The number of nitrogens with zero attached hydrogens (tertiary/aromatic N) is 2. The molecule has 0 amide bonds. The molecule has 1 heterocycles. The molecular formula is C9H17N3. The summed E-state index contributed by atoms with van der Waals surface area (Å²) in [5, 5.41) is 6.99. The molecule has 3 heteroatoms. The molecule has 1 N–H and O–H groups in total. The average molecular weight is 167 g/mol. The summed E-state index contributed by atoms with van der Waals surface area (Å²) in [5.74, 6) is 1.07. The number of anilines is 1. The molecule has 0 fully saturated rings. The lowest BCUT2D eigenvalue weighted by atomic mass is 10.3. The number of aromatic amines is 1. The Bertz CT molecular complexity index is 188. The van der Waals surface area contributed by atoms with Gasteiger partial charge < -0.3 is 4.90 Å². The van der Waals surface area contributed by atoms with Crippen molar-refractivity contribution in [3.05, 3.63) is 12.3 Å². The molecule has 0 radical (unpaired) electrons. The zero-order valence-corrected chi connectivity index (χ0v) is 7.88. The highest BCUT2D eigenvalue weighted by Gasteiger charge is 2.04. The van der Waals surface area contributed by atoms with Crippen LogP contribution in [-0.2, 0) is 0 Å². The summed E-state index contributed by atoms with van der Waals surface area (Å²) < 4.78 is 0. The molecule has 3 nitrogen and oxygen atoms in total. The largest absolute Gasteiger partial charge is 0.355 e. The molecule has 0 saturated carbocycles. The fourth-order valence-electron chi connectivity index (χ4n) is 1.31. The second kappa shape index (κ2) is 4.80. The van der Waals surface area contributed by atoms with Gasteiger partial charge in [-0.05, 0) is 12.8 Å². The third-order valence-corrected chi connectivity index (χ3v) is 1.80. The fraction of sp³-hybridized carbons (Fsp3) is 0.667. The molecule has 68 valence electrons. The summed E-state index contributed by atoms with van der Waals surface area (Å²) in [6, 6.07) is 2.02. The zero-order valence-electron chi connectivity index (χ0n) is 7.88. The van der Waals surface area contributed by atoms with Gasteiger partial charge in [0.05, 0.1) is 0 Å². The van der Waals surface area contributed by atoms with Crippen molar-refractivity contribution in [1.82, 2.24) is 10.2 Å². The van der Waals surface area contributed by atoms with Crippen LogP contribution in [0, 0.1) is 0 Å². The van der Waals surface area contributed by atoms with Gasteiger partial charge in [-0.3, -0.25) is 5.10 Å². The molecule has 0 atom stereocenters. The monoisotopic (exact) mass is 167 g/mol. The highest BCUT2D eigenvalue weighted by atomic mass is 15.3. The van der Waals surface area contributed by atoms with E-state index < -0.39 is 0 Å². The second-order valence-corrected chi connectivity index (χ2v) is 2.92. The van der Waals surface area contributed by atoms with Crippen LogP contribution >= 0.6 is 0 Å². The molecule has 12 heavy (non-hydrogen) atoms. The minimum Gasteiger partial charge on any atom is -0.355 e. The van der Waals surface area contributed by atoms with Gasteiger partial charge >= 0.3 is 0 Å². The number of H-pyrrole nitrogens is 1. The summed E-state index contributed by atoms with van der Waals surface area (Å²) in [7, 11) is 0. The molecule has 0 bridgehead atoms. The zero-order chi connectivity index (χ0) is 8.81. The molecule has 0 aliphatic heterocycles. The Morgan fingerprint density at radius 1 is 1.33 bits per heavy atom. The molecule has 1 aromatic rings. The smallest absolute Gasteiger partial charge is 0.150 e. The van der Waals surface area contributed by atoms with E-state index in [2.05, 4.69) is 28.9 Å². The third-order valence-electron chi connectivity index (χ3n) is 1.80. The van der Waals surface area contributed by atoms with Crippen molar-refractivity contribution >= 4 is 5.82 Å². The van der Waals surface area contributed by atoms with Gasteiger partial charge in [-0.1, -0.05) is 13.8 Å². The highest BCUT2D eigenvalue weighted by molar-refractivity contribution is 5.35. The SMILES string of the molecule is CCCN(CCC)c1cc[nH]n1. The van der Waals surface area contributed by atoms with Crippen LogP contribution in [0.15, 0.2) is 12.3 Å². The molecule has 1 aromatic heterocycles. The van der Waals surface area contributed by atoms with Crippen LogP contribution in [0.5, 0.6) is 0 Å². The van der Waals surface area contributed by atoms with Gasteiger partial charge in [-0.2, -0.15) is 5.10 Å². The molecule has 0 aliphatic carbocycles. The Balaban J connectivity index is 2.53. The Hall–Kier alpha value is -0.990. The molecule has 0 saturated heterocycles.